The van der Waals surface area contributed by atoms with E-state index in [0.29, 0.717) is 13.2 Å². The van der Waals surface area contributed by atoms with E-state index in [2.05, 4.69) is 13.8 Å². The average Bonchev–Trinajstić information content (AvgIpc) is 2.28. The summed E-state index contributed by atoms with van der Waals surface area (Å²) in [4.78, 5) is 10.7. The molecule has 0 aromatic carbocycles. The topological polar surface area (TPSA) is 55.8 Å². The first-order chi connectivity index (χ1) is 8.93. The van der Waals surface area contributed by atoms with Crippen molar-refractivity contribution in [2.75, 3.05) is 13.2 Å². The molecule has 1 unspecified atom stereocenters. The van der Waals surface area contributed by atoms with Crippen molar-refractivity contribution in [2.24, 2.45) is 0 Å². The first-order valence-electron chi connectivity index (χ1n) is 6.72. The Hall–Kier alpha value is 0.390. The highest BCUT2D eigenvalue weighted by molar-refractivity contribution is 8.68. The summed E-state index contributed by atoms with van der Waals surface area (Å²) in [6.07, 6.45) is 4.06. The molecule has 0 rings (SSSR count). The molecule has 0 heterocycles. The summed E-state index contributed by atoms with van der Waals surface area (Å²) in [5.41, 5.74) is -2.40. The Morgan fingerprint density at radius 2 is 1.74 bits per heavy atom. The Bertz CT molecular complexity index is 285. The minimum absolute atomic E-state index is 0.0807. The smallest absolute Gasteiger partial charge is 0.304 e. The van der Waals surface area contributed by atoms with Gasteiger partial charge in [-0.05, 0) is 24.6 Å². The zero-order valence-electron chi connectivity index (χ0n) is 12.0. The SMILES string of the molecule is CCCCOP(=S)(OCCCC)SC(C)CC(=O)O. The van der Waals surface area contributed by atoms with Crippen molar-refractivity contribution in [3.8, 4) is 0 Å². The minimum atomic E-state index is -2.40. The number of carboxylic acid groups (broad SMARTS) is 1. The van der Waals surface area contributed by atoms with E-state index < -0.39 is 11.7 Å². The Morgan fingerprint density at radius 1 is 1.26 bits per heavy atom. The van der Waals surface area contributed by atoms with Crippen molar-refractivity contribution >= 4 is 34.9 Å². The number of hydrogen-bond donors (Lipinski definition) is 1. The largest absolute Gasteiger partial charge is 0.481 e. The molecule has 0 aliphatic carbocycles. The maximum absolute atomic E-state index is 10.7. The van der Waals surface area contributed by atoms with E-state index in [1.165, 1.54) is 11.4 Å². The molecule has 1 N–H and O–H groups in total. The van der Waals surface area contributed by atoms with Crippen LogP contribution in [0, 0.1) is 0 Å². The molecule has 7 heteroatoms. The van der Waals surface area contributed by atoms with Gasteiger partial charge in [0.25, 0.3) is 0 Å². The molecule has 0 radical (unpaired) electrons. The van der Waals surface area contributed by atoms with Gasteiger partial charge in [0.2, 0.25) is 5.69 Å². The molecule has 0 saturated carbocycles. The van der Waals surface area contributed by atoms with Gasteiger partial charge < -0.3 is 14.2 Å². The lowest BCUT2D eigenvalue weighted by molar-refractivity contribution is -0.136. The van der Waals surface area contributed by atoms with Crippen molar-refractivity contribution in [3.63, 3.8) is 0 Å². The molecular weight excluding hydrogens is 303 g/mol. The number of rotatable bonds is 12. The zero-order valence-corrected chi connectivity index (χ0v) is 14.5. The fraction of sp³-hybridized carbons (Fsp3) is 0.917. The third-order valence-electron chi connectivity index (χ3n) is 2.27. The van der Waals surface area contributed by atoms with E-state index in [0.717, 1.165) is 25.7 Å². The van der Waals surface area contributed by atoms with Crippen molar-refractivity contribution < 1.29 is 18.9 Å². The highest BCUT2D eigenvalue weighted by atomic mass is 32.9. The maximum Gasteiger partial charge on any atom is 0.304 e. The van der Waals surface area contributed by atoms with Crippen molar-refractivity contribution in [2.45, 2.75) is 58.1 Å². The summed E-state index contributed by atoms with van der Waals surface area (Å²) in [6.45, 7) is 7.21. The summed E-state index contributed by atoms with van der Waals surface area (Å²) in [5, 5.41) is 8.70. The molecule has 0 aromatic heterocycles. The van der Waals surface area contributed by atoms with Gasteiger partial charge in [-0.1, -0.05) is 45.0 Å². The van der Waals surface area contributed by atoms with Crippen molar-refractivity contribution in [1.82, 2.24) is 0 Å². The maximum atomic E-state index is 10.7. The molecule has 0 aromatic rings. The van der Waals surface area contributed by atoms with Gasteiger partial charge in [0.1, 0.15) is 0 Å². The quantitative estimate of drug-likeness (QED) is 0.422. The molecule has 19 heavy (non-hydrogen) atoms. The second kappa shape index (κ2) is 11.1. The van der Waals surface area contributed by atoms with E-state index in [4.69, 9.17) is 26.0 Å². The Kier molecular flexibility index (Phi) is 11.3. The second-order valence-corrected chi connectivity index (χ2v) is 11.0. The van der Waals surface area contributed by atoms with Crippen LogP contribution >= 0.6 is 17.1 Å². The molecule has 0 spiro atoms. The van der Waals surface area contributed by atoms with Crippen LogP contribution in [0.2, 0.25) is 0 Å². The number of hydrogen-bond acceptors (Lipinski definition) is 5. The Labute approximate surface area is 125 Å². The lowest BCUT2D eigenvalue weighted by Crippen LogP contribution is -2.07. The summed E-state index contributed by atoms with van der Waals surface area (Å²) in [5.74, 6) is -0.816. The lowest BCUT2D eigenvalue weighted by Gasteiger charge is -2.24. The molecule has 0 fully saturated rings. The van der Waals surface area contributed by atoms with Crippen LogP contribution in [-0.2, 0) is 25.6 Å². The molecule has 114 valence electrons. The van der Waals surface area contributed by atoms with Gasteiger partial charge in [0, 0.05) is 5.25 Å². The third-order valence-corrected chi connectivity index (χ3v) is 7.94. The molecular formula is C12H25O4PS2. The molecule has 0 aliphatic heterocycles. The minimum Gasteiger partial charge on any atom is -0.481 e. The monoisotopic (exact) mass is 328 g/mol. The van der Waals surface area contributed by atoms with Gasteiger partial charge in [0.15, 0.2) is 0 Å². The van der Waals surface area contributed by atoms with Crippen LogP contribution in [0.5, 0.6) is 0 Å². The first-order valence-corrected chi connectivity index (χ1v) is 10.8. The molecule has 0 aliphatic rings. The van der Waals surface area contributed by atoms with Crippen LogP contribution in [0.3, 0.4) is 0 Å². The Morgan fingerprint density at radius 3 is 2.11 bits per heavy atom. The number of aliphatic carboxylic acids is 1. The standard InChI is InChI=1S/C12H25O4PS2/c1-4-6-8-15-17(18,16-9-7-5-2)19-11(3)10-12(13)14/h11H,4-10H2,1-3H3,(H,13,14). The second-order valence-electron chi connectivity index (χ2n) is 4.33. The van der Waals surface area contributed by atoms with Crippen LogP contribution in [0.25, 0.3) is 0 Å². The van der Waals surface area contributed by atoms with Gasteiger partial charge in [-0.25, -0.2) is 0 Å². The van der Waals surface area contributed by atoms with Crippen LogP contribution in [0.15, 0.2) is 0 Å². The summed E-state index contributed by atoms with van der Waals surface area (Å²) in [6, 6.07) is 0. The van der Waals surface area contributed by atoms with Gasteiger partial charge >= 0.3 is 5.97 Å². The highest BCUT2D eigenvalue weighted by Gasteiger charge is 2.24. The zero-order chi connectivity index (χ0) is 14.7. The van der Waals surface area contributed by atoms with Crippen LogP contribution < -0.4 is 0 Å². The molecule has 0 amide bonds. The molecule has 1 atom stereocenters. The van der Waals surface area contributed by atoms with E-state index in [1.54, 1.807) is 0 Å². The fourth-order valence-corrected chi connectivity index (χ4v) is 6.93. The van der Waals surface area contributed by atoms with Crippen LogP contribution in [-0.4, -0.2) is 29.5 Å². The number of carboxylic acids is 1. The lowest BCUT2D eigenvalue weighted by atomic mass is 10.3. The predicted molar refractivity (Wildman–Crippen MR) is 85.3 cm³/mol. The number of unbranched alkanes of at least 4 members (excludes halogenated alkanes) is 2. The van der Waals surface area contributed by atoms with E-state index >= 15 is 0 Å². The van der Waals surface area contributed by atoms with Crippen molar-refractivity contribution in [3.05, 3.63) is 0 Å². The van der Waals surface area contributed by atoms with Gasteiger partial charge in [-0.15, -0.1) is 0 Å². The number of carbonyl (C=O) groups is 1. The van der Waals surface area contributed by atoms with Gasteiger partial charge in [-0.3, -0.25) is 4.79 Å². The summed E-state index contributed by atoms with van der Waals surface area (Å²) < 4.78 is 11.5. The molecule has 4 nitrogen and oxygen atoms in total. The van der Waals surface area contributed by atoms with Gasteiger partial charge in [-0.2, -0.15) is 0 Å². The molecule has 0 bridgehead atoms. The normalized spacial score (nSPS) is 13.4. The first kappa shape index (κ1) is 19.4. The molecule has 0 saturated heterocycles. The average molecular weight is 328 g/mol. The Balaban J connectivity index is 4.37. The third kappa shape index (κ3) is 10.8. The predicted octanol–water partition coefficient (Wildman–Crippen LogP) is 4.44. The summed E-state index contributed by atoms with van der Waals surface area (Å²) in [7, 11) is 0. The van der Waals surface area contributed by atoms with E-state index in [9.17, 15) is 4.79 Å². The van der Waals surface area contributed by atoms with Crippen LogP contribution in [0.1, 0.15) is 52.9 Å². The fourth-order valence-electron chi connectivity index (χ4n) is 1.24. The highest BCUT2D eigenvalue weighted by Crippen LogP contribution is 2.63. The van der Waals surface area contributed by atoms with Gasteiger partial charge in [0.05, 0.1) is 19.6 Å². The van der Waals surface area contributed by atoms with Crippen molar-refractivity contribution in [1.29, 1.82) is 0 Å². The van der Waals surface area contributed by atoms with E-state index in [-0.39, 0.29) is 11.7 Å². The van der Waals surface area contributed by atoms with Crippen LogP contribution in [0.4, 0.5) is 0 Å². The summed E-state index contributed by atoms with van der Waals surface area (Å²) >= 11 is 6.87. The van der Waals surface area contributed by atoms with E-state index in [1.807, 2.05) is 6.92 Å².